The first-order valence-corrected chi connectivity index (χ1v) is 6.75. The van der Waals surface area contributed by atoms with Crippen molar-refractivity contribution in [1.29, 1.82) is 0 Å². The van der Waals surface area contributed by atoms with Crippen molar-refractivity contribution in [2.75, 3.05) is 13.1 Å². The highest BCUT2D eigenvalue weighted by Gasteiger charge is 2.25. The monoisotopic (exact) mass is 270 g/mol. The van der Waals surface area contributed by atoms with Gasteiger partial charge in [0.05, 0.1) is 5.56 Å². The Hall–Kier alpha value is -2.23. The van der Waals surface area contributed by atoms with E-state index >= 15 is 0 Å². The van der Waals surface area contributed by atoms with Crippen LogP contribution in [0.5, 0.6) is 0 Å². The van der Waals surface area contributed by atoms with Crippen molar-refractivity contribution < 1.29 is 9.18 Å². The van der Waals surface area contributed by atoms with Gasteiger partial charge in [-0.15, -0.1) is 0 Å². The molecular formula is C16H15FN2O. The molecule has 1 aliphatic rings. The van der Waals surface area contributed by atoms with Crippen LogP contribution in [0.15, 0.2) is 42.7 Å². The van der Waals surface area contributed by atoms with Gasteiger partial charge in [-0.3, -0.25) is 9.78 Å². The van der Waals surface area contributed by atoms with Gasteiger partial charge in [0.25, 0.3) is 5.91 Å². The van der Waals surface area contributed by atoms with Crippen LogP contribution in [0.1, 0.15) is 23.2 Å². The predicted octanol–water partition coefficient (Wildman–Crippen LogP) is 3.12. The van der Waals surface area contributed by atoms with E-state index in [2.05, 4.69) is 4.98 Å². The van der Waals surface area contributed by atoms with Crippen molar-refractivity contribution in [3.8, 4) is 11.1 Å². The fourth-order valence-electron chi connectivity index (χ4n) is 2.58. The molecule has 1 amide bonds. The lowest BCUT2D eigenvalue weighted by Gasteiger charge is -2.18. The maximum absolute atomic E-state index is 14.2. The number of amides is 1. The van der Waals surface area contributed by atoms with Crippen molar-refractivity contribution in [3.63, 3.8) is 0 Å². The van der Waals surface area contributed by atoms with Gasteiger partial charge in [-0.05, 0) is 30.5 Å². The quantitative estimate of drug-likeness (QED) is 0.840. The lowest BCUT2D eigenvalue weighted by atomic mass is 9.99. The van der Waals surface area contributed by atoms with Crippen LogP contribution in [-0.2, 0) is 0 Å². The summed E-state index contributed by atoms with van der Waals surface area (Å²) in [5.41, 5.74) is 1.52. The molecule has 0 N–H and O–H groups in total. The fourth-order valence-corrected chi connectivity index (χ4v) is 2.58. The van der Waals surface area contributed by atoms with Gasteiger partial charge in [0.15, 0.2) is 0 Å². The number of carbonyl (C=O) groups excluding carboxylic acids is 1. The zero-order chi connectivity index (χ0) is 13.9. The number of pyridine rings is 1. The van der Waals surface area contributed by atoms with E-state index in [1.807, 2.05) is 6.07 Å². The third-order valence-corrected chi connectivity index (χ3v) is 3.59. The van der Waals surface area contributed by atoms with Crippen molar-refractivity contribution in [1.82, 2.24) is 9.88 Å². The summed E-state index contributed by atoms with van der Waals surface area (Å²) in [6.45, 7) is 1.42. The third-order valence-electron chi connectivity index (χ3n) is 3.59. The zero-order valence-electron chi connectivity index (χ0n) is 11.1. The molecule has 1 aromatic heterocycles. The van der Waals surface area contributed by atoms with Gasteiger partial charge in [-0.25, -0.2) is 4.39 Å². The smallest absolute Gasteiger partial charge is 0.257 e. The molecule has 1 aromatic carbocycles. The van der Waals surface area contributed by atoms with Crippen LogP contribution in [0, 0.1) is 5.82 Å². The average molecular weight is 270 g/mol. The average Bonchev–Trinajstić information content (AvgIpc) is 3.01. The van der Waals surface area contributed by atoms with Crippen molar-refractivity contribution >= 4 is 5.91 Å². The van der Waals surface area contributed by atoms with Crippen LogP contribution in [0.2, 0.25) is 0 Å². The molecule has 0 bridgehead atoms. The predicted molar refractivity (Wildman–Crippen MR) is 74.8 cm³/mol. The van der Waals surface area contributed by atoms with E-state index in [0.29, 0.717) is 18.7 Å². The number of rotatable bonds is 2. The van der Waals surface area contributed by atoms with Gasteiger partial charge in [-0.1, -0.05) is 18.2 Å². The number of hydrogen-bond donors (Lipinski definition) is 0. The number of nitrogens with zero attached hydrogens (tertiary/aromatic N) is 2. The molecule has 20 heavy (non-hydrogen) atoms. The van der Waals surface area contributed by atoms with Crippen LogP contribution < -0.4 is 0 Å². The summed E-state index contributed by atoms with van der Waals surface area (Å²) >= 11 is 0. The number of carbonyl (C=O) groups is 1. The van der Waals surface area contributed by atoms with Crippen molar-refractivity contribution in [3.05, 3.63) is 54.1 Å². The van der Waals surface area contributed by atoms with E-state index in [9.17, 15) is 9.18 Å². The van der Waals surface area contributed by atoms with E-state index in [-0.39, 0.29) is 11.5 Å². The molecule has 0 atom stereocenters. The lowest BCUT2D eigenvalue weighted by Crippen LogP contribution is -2.29. The van der Waals surface area contributed by atoms with E-state index in [1.54, 1.807) is 35.5 Å². The molecule has 1 saturated heterocycles. The first-order chi connectivity index (χ1) is 9.77. The van der Waals surface area contributed by atoms with Crippen molar-refractivity contribution in [2.45, 2.75) is 12.8 Å². The van der Waals surface area contributed by atoms with E-state index in [1.165, 1.54) is 6.07 Å². The number of hydrogen-bond acceptors (Lipinski definition) is 2. The number of aromatic nitrogens is 1. The van der Waals surface area contributed by atoms with Crippen LogP contribution in [-0.4, -0.2) is 28.9 Å². The Bertz CT molecular complexity index is 622. The number of likely N-dealkylation sites (tertiary alicyclic amines) is 1. The van der Waals surface area contributed by atoms with Crippen molar-refractivity contribution in [2.24, 2.45) is 0 Å². The topological polar surface area (TPSA) is 33.2 Å². The molecule has 0 spiro atoms. The molecule has 0 saturated carbocycles. The second kappa shape index (κ2) is 5.41. The molecule has 0 radical (unpaired) electrons. The Morgan fingerprint density at radius 3 is 2.65 bits per heavy atom. The van der Waals surface area contributed by atoms with Crippen LogP contribution in [0.3, 0.4) is 0 Å². The van der Waals surface area contributed by atoms with E-state index in [0.717, 1.165) is 18.4 Å². The Balaban J connectivity index is 2.07. The summed E-state index contributed by atoms with van der Waals surface area (Å²) in [4.78, 5) is 18.3. The molecule has 0 unspecified atom stereocenters. The number of benzene rings is 1. The van der Waals surface area contributed by atoms with Gasteiger partial charge in [-0.2, -0.15) is 0 Å². The van der Waals surface area contributed by atoms with Gasteiger partial charge in [0.2, 0.25) is 0 Å². The maximum atomic E-state index is 14.2. The highest BCUT2D eigenvalue weighted by molar-refractivity contribution is 6.01. The second-order valence-corrected chi connectivity index (χ2v) is 4.90. The largest absolute Gasteiger partial charge is 0.339 e. The van der Waals surface area contributed by atoms with E-state index < -0.39 is 5.82 Å². The summed E-state index contributed by atoms with van der Waals surface area (Å²) in [6.07, 6.45) is 5.28. The van der Waals surface area contributed by atoms with Gasteiger partial charge in [0, 0.05) is 31.0 Å². The summed E-state index contributed by atoms with van der Waals surface area (Å²) in [5.74, 6) is -0.692. The molecule has 3 nitrogen and oxygen atoms in total. The minimum absolute atomic E-state index is 0.155. The molecule has 102 valence electrons. The Morgan fingerprint density at radius 2 is 1.95 bits per heavy atom. The summed E-state index contributed by atoms with van der Waals surface area (Å²) < 4.78 is 14.2. The molecule has 2 heterocycles. The number of halogens is 1. The first-order valence-electron chi connectivity index (χ1n) is 6.75. The molecule has 1 fully saturated rings. The fraction of sp³-hybridized carbons (Fsp3) is 0.250. The maximum Gasteiger partial charge on any atom is 0.257 e. The standard InChI is InChI=1S/C16H15FN2O/c17-14-7-3-6-13(12-5-4-8-18-11-12)15(14)16(20)19-9-1-2-10-19/h3-8,11H,1-2,9-10H2. The second-order valence-electron chi connectivity index (χ2n) is 4.90. The third kappa shape index (κ3) is 2.29. The molecule has 2 aromatic rings. The zero-order valence-corrected chi connectivity index (χ0v) is 11.1. The van der Waals surface area contributed by atoms with Crippen LogP contribution >= 0.6 is 0 Å². The first kappa shape index (κ1) is 12.8. The Morgan fingerprint density at radius 1 is 1.15 bits per heavy atom. The molecular weight excluding hydrogens is 255 g/mol. The molecule has 0 aliphatic carbocycles. The summed E-state index contributed by atoms with van der Waals surface area (Å²) in [6, 6.07) is 8.35. The molecule has 3 rings (SSSR count). The Kier molecular flexibility index (Phi) is 3.46. The van der Waals surface area contributed by atoms with Gasteiger partial charge >= 0.3 is 0 Å². The van der Waals surface area contributed by atoms with Gasteiger partial charge in [0.1, 0.15) is 5.82 Å². The van der Waals surface area contributed by atoms with E-state index in [4.69, 9.17) is 0 Å². The Labute approximate surface area is 117 Å². The molecule has 1 aliphatic heterocycles. The lowest BCUT2D eigenvalue weighted by molar-refractivity contribution is 0.0789. The molecule has 4 heteroatoms. The highest BCUT2D eigenvalue weighted by Crippen LogP contribution is 2.27. The summed E-state index contributed by atoms with van der Waals surface area (Å²) in [7, 11) is 0. The minimum Gasteiger partial charge on any atom is -0.339 e. The highest BCUT2D eigenvalue weighted by atomic mass is 19.1. The summed E-state index contributed by atoms with van der Waals surface area (Å²) in [5, 5.41) is 0. The van der Waals surface area contributed by atoms with Gasteiger partial charge < -0.3 is 4.90 Å². The van der Waals surface area contributed by atoms with Crippen LogP contribution in [0.25, 0.3) is 11.1 Å². The SMILES string of the molecule is O=C(c1c(F)cccc1-c1cccnc1)N1CCCC1. The minimum atomic E-state index is -0.469. The normalized spacial score (nSPS) is 14.6. The van der Waals surface area contributed by atoms with Crippen LogP contribution in [0.4, 0.5) is 4.39 Å².